The third-order valence-electron chi connectivity index (χ3n) is 3.52. The van der Waals surface area contributed by atoms with Crippen LogP contribution in [0.1, 0.15) is 11.1 Å². The minimum atomic E-state index is 0.193. The van der Waals surface area contributed by atoms with Crippen LogP contribution in [0.2, 0.25) is 0 Å². The minimum Gasteiger partial charge on any atom is -0.360 e. The number of benzene rings is 1. The van der Waals surface area contributed by atoms with Crippen LogP contribution in [0.25, 0.3) is 0 Å². The Morgan fingerprint density at radius 1 is 1.33 bits per heavy atom. The van der Waals surface area contributed by atoms with E-state index in [4.69, 9.17) is 0 Å². The summed E-state index contributed by atoms with van der Waals surface area (Å²) in [6, 6.07) is 6.42. The van der Waals surface area contributed by atoms with Crippen LogP contribution < -0.4 is 10.2 Å². The number of nitrogens with zero attached hydrogens (tertiary/aromatic N) is 2. The molecule has 0 saturated carbocycles. The summed E-state index contributed by atoms with van der Waals surface area (Å²) in [4.78, 5) is 15.6. The number of aryl methyl sites for hydroxylation is 1. The molecule has 1 saturated heterocycles. The van der Waals surface area contributed by atoms with E-state index in [9.17, 15) is 4.79 Å². The molecule has 0 radical (unpaired) electrons. The highest BCUT2D eigenvalue weighted by Gasteiger charge is 2.21. The Bertz CT molecular complexity index is 445. The van der Waals surface area contributed by atoms with E-state index in [1.807, 2.05) is 14.1 Å². The topological polar surface area (TPSA) is 35.6 Å². The van der Waals surface area contributed by atoms with Gasteiger partial charge >= 0.3 is 0 Å². The van der Waals surface area contributed by atoms with E-state index in [0.29, 0.717) is 6.54 Å². The van der Waals surface area contributed by atoms with Crippen LogP contribution in [0.15, 0.2) is 18.2 Å². The number of rotatable bonds is 3. The van der Waals surface area contributed by atoms with Crippen molar-refractivity contribution >= 4 is 11.6 Å². The van der Waals surface area contributed by atoms with Crippen LogP contribution >= 0.6 is 0 Å². The Morgan fingerprint density at radius 3 is 2.72 bits per heavy atom. The van der Waals surface area contributed by atoms with E-state index in [-0.39, 0.29) is 5.91 Å². The zero-order chi connectivity index (χ0) is 13.1. The Kier molecular flexibility index (Phi) is 3.87. The maximum Gasteiger partial charge on any atom is 0.241 e. The number of amides is 1. The fraction of sp³-hybridized carbons (Fsp3) is 0.500. The Hall–Kier alpha value is -1.55. The van der Waals surface area contributed by atoms with Crippen molar-refractivity contribution in [2.75, 3.05) is 38.6 Å². The molecule has 0 aliphatic carbocycles. The second-order valence-electron chi connectivity index (χ2n) is 4.88. The Labute approximate surface area is 109 Å². The van der Waals surface area contributed by atoms with Crippen LogP contribution in [-0.2, 0) is 11.3 Å². The molecule has 1 heterocycles. The molecule has 4 heteroatoms. The molecular weight excluding hydrogens is 226 g/mol. The lowest BCUT2D eigenvalue weighted by atomic mass is 10.1. The summed E-state index contributed by atoms with van der Waals surface area (Å²) >= 11 is 0. The summed E-state index contributed by atoms with van der Waals surface area (Å²) in [5, 5.41) is 3.16. The van der Waals surface area contributed by atoms with E-state index in [1.165, 1.54) is 11.1 Å². The largest absolute Gasteiger partial charge is 0.360 e. The molecule has 1 aromatic carbocycles. The molecule has 0 spiro atoms. The molecule has 1 N–H and O–H groups in total. The highest BCUT2D eigenvalue weighted by molar-refractivity contribution is 5.82. The van der Waals surface area contributed by atoms with Crippen LogP contribution in [0.4, 0.5) is 5.69 Å². The first kappa shape index (κ1) is 12.9. The van der Waals surface area contributed by atoms with Gasteiger partial charge in [0.15, 0.2) is 0 Å². The monoisotopic (exact) mass is 247 g/mol. The predicted octanol–water partition coefficient (Wildman–Crippen LogP) is 0.993. The van der Waals surface area contributed by atoms with E-state index in [0.717, 1.165) is 25.3 Å². The average molecular weight is 247 g/mol. The van der Waals surface area contributed by atoms with Gasteiger partial charge < -0.3 is 15.1 Å². The van der Waals surface area contributed by atoms with E-state index >= 15 is 0 Å². The highest BCUT2D eigenvalue weighted by Crippen LogP contribution is 2.20. The molecule has 0 aromatic heterocycles. The fourth-order valence-corrected chi connectivity index (χ4v) is 2.24. The Balaban J connectivity index is 2.14. The molecule has 1 aromatic rings. The fourth-order valence-electron chi connectivity index (χ4n) is 2.24. The van der Waals surface area contributed by atoms with Gasteiger partial charge in [-0.25, -0.2) is 0 Å². The maximum atomic E-state index is 11.7. The lowest BCUT2D eigenvalue weighted by Gasteiger charge is -2.33. The first-order valence-corrected chi connectivity index (χ1v) is 6.35. The molecule has 1 amide bonds. The zero-order valence-electron chi connectivity index (χ0n) is 11.4. The standard InChI is InChI=1S/C14H21N3O/c1-11-8-13(5-4-12(11)9-15-2)17-7-6-16(3)14(18)10-17/h4-5,8,15H,6-7,9-10H2,1-3H3. The third-order valence-corrected chi connectivity index (χ3v) is 3.52. The first-order chi connectivity index (χ1) is 8.61. The summed E-state index contributed by atoms with van der Waals surface area (Å²) in [5.74, 6) is 0.193. The van der Waals surface area contributed by atoms with Crippen molar-refractivity contribution in [1.82, 2.24) is 10.2 Å². The van der Waals surface area contributed by atoms with Gasteiger partial charge in [-0.1, -0.05) is 6.07 Å². The van der Waals surface area contributed by atoms with Crippen molar-refractivity contribution in [2.45, 2.75) is 13.5 Å². The number of carbonyl (C=O) groups excluding carboxylic acids is 1. The van der Waals surface area contributed by atoms with Crippen molar-refractivity contribution in [3.63, 3.8) is 0 Å². The number of piperazine rings is 1. The molecule has 0 atom stereocenters. The smallest absolute Gasteiger partial charge is 0.241 e. The van der Waals surface area contributed by atoms with Gasteiger partial charge in [0.05, 0.1) is 6.54 Å². The number of anilines is 1. The van der Waals surface area contributed by atoms with Crippen molar-refractivity contribution in [2.24, 2.45) is 0 Å². The maximum absolute atomic E-state index is 11.7. The number of likely N-dealkylation sites (N-methyl/N-ethyl adjacent to an activating group) is 1. The normalized spacial score (nSPS) is 16.3. The summed E-state index contributed by atoms with van der Waals surface area (Å²) in [6.07, 6.45) is 0. The van der Waals surface area contributed by atoms with Gasteiger partial charge in [0.25, 0.3) is 0 Å². The van der Waals surface area contributed by atoms with Crippen LogP contribution in [0, 0.1) is 6.92 Å². The van der Waals surface area contributed by atoms with E-state index < -0.39 is 0 Å². The van der Waals surface area contributed by atoms with Crippen molar-refractivity contribution in [3.05, 3.63) is 29.3 Å². The van der Waals surface area contributed by atoms with Gasteiger partial charge in [0.2, 0.25) is 5.91 Å². The molecule has 2 rings (SSSR count). The molecule has 0 bridgehead atoms. The average Bonchev–Trinajstić information content (AvgIpc) is 2.35. The molecular formula is C14H21N3O. The van der Waals surface area contributed by atoms with Crippen LogP contribution in [0.5, 0.6) is 0 Å². The summed E-state index contributed by atoms with van der Waals surface area (Å²) in [6.45, 7) is 5.20. The Morgan fingerprint density at radius 2 is 2.11 bits per heavy atom. The van der Waals surface area contributed by atoms with Gasteiger partial charge in [0.1, 0.15) is 0 Å². The van der Waals surface area contributed by atoms with Gasteiger partial charge in [-0.3, -0.25) is 4.79 Å². The summed E-state index contributed by atoms with van der Waals surface area (Å²) in [7, 11) is 3.81. The van der Waals surface area contributed by atoms with Gasteiger partial charge in [0, 0.05) is 32.4 Å². The molecule has 0 unspecified atom stereocenters. The lowest BCUT2D eigenvalue weighted by molar-refractivity contribution is -0.129. The second-order valence-corrected chi connectivity index (χ2v) is 4.88. The lowest BCUT2D eigenvalue weighted by Crippen LogP contribution is -2.48. The van der Waals surface area contributed by atoms with Crippen molar-refractivity contribution in [1.29, 1.82) is 0 Å². The highest BCUT2D eigenvalue weighted by atomic mass is 16.2. The first-order valence-electron chi connectivity index (χ1n) is 6.35. The number of carbonyl (C=O) groups is 1. The number of hydrogen-bond donors (Lipinski definition) is 1. The molecule has 4 nitrogen and oxygen atoms in total. The number of hydrogen-bond acceptors (Lipinski definition) is 3. The minimum absolute atomic E-state index is 0.193. The summed E-state index contributed by atoms with van der Waals surface area (Å²) < 4.78 is 0. The second kappa shape index (κ2) is 5.40. The quantitative estimate of drug-likeness (QED) is 0.865. The van der Waals surface area contributed by atoms with E-state index in [2.05, 4.69) is 35.3 Å². The van der Waals surface area contributed by atoms with Gasteiger partial charge in [-0.2, -0.15) is 0 Å². The number of nitrogens with one attached hydrogen (secondary N) is 1. The molecule has 1 aliphatic heterocycles. The zero-order valence-corrected chi connectivity index (χ0v) is 11.4. The van der Waals surface area contributed by atoms with Gasteiger partial charge in [-0.15, -0.1) is 0 Å². The molecule has 1 aliphatic rings. The van der Waals surface area contributed by atoms with Crippen molar-refractivity contribution < 1.29 is 4.79 Å². The van der Waals surface area contributed by atoms with Crippen LogP contribution in [0.3, 0.4) is 0 Å². The van der Waals surface area contributed by atoms with E-state index in [1.54, 1.807) is 4.90 Å². The van der Waals surface area contributed by atoms with Crippen LogP contribution in [-0.4, -0.2) is 44.5 Å². The molecule has 1 fully saturated rings. The molecule has 98 valence electrons. The SMILES string of the molecule is CNCc1ccc(N2CCN(C)C(=O)C2)cc1C. The van der Waals surface area contributed by atoms with Gasteiger partial charge in [-0.05, 0) is 37.2 Å². The predicted molar refractivity (Wildman–Crippen MR) is 73.8 cm³/mol. The van der Waals surface area contributed by atoms with Crippen molar-refractivity contribution in [3.8, 4) is 0 Å². The summed E-state index contributed by atoms with van der Waals surface area (Å²) in [5.41, 5.74) is 3.73. The molecule has 18 heavy (non-hydrogen) atoms. The third kappa shape index (κ3) is 2.64.